The number of carbonyl (C=O) groups excluding carboxylic acids is 1. The molecule has 1 amide bonds. The number of aryl methyl sites for hydroxylation is 1. The second-order valence-electron chi connectivity index (χ2n) is 10.2. The molecule has 4 aromatic rings. The quantitative estimate of drug-likeness (QED) is 0.172. The Balaban J connectivity index is 0.000000241. The molecule has 1 N–H and O–H groups in total. The van der Waals surface area contributed by atoms with Crippen LogP contribution in [0.25, 0.3) is 22.0 Å². The molecule has 0 aliphatic carbocycles. The molecule has 1 aliphatic rings. The normalized spacial score (nSPS) is 14.3. The van der Waals surface area contributed by atoms with Crippen LogP contribution in [0, 0.1) is 29.9 Å². The highest BCUT2D eigenvalue weighted by Crippen LogP contribution is 2.36. The van der Waals surface area contributed by atoms with Gasteiger partial charge in [-0.15, -0.1) is 6.58 Å². The largest absolute Gasteiger partial charge is 0.408 e. The summed E-state index contributed by atoms with van der Waals surface area (Å²) in [6.07, 6.45) is -0.612. The number of halogens is 6. The van der Waals surface area contributed by atoms with Crippen molar-refractivity contribution in [1.82, 2.24) is 10.3 Å². The predicted octanol–water partition coefficient (Wildman–Crippen LogP) is 9.56. The minimum absolute atomic E-state index is 0.0156. The second-order valence-corrected chi connectivity index (χ2v) is 10.6. The molecule has 242 valence electrons. The van der Waals surface area contributed by atoms with Gasteiger partial charge in [0, 0.05) is 46.5 Å². The van der Waals surface area contributed by atoms with Gasteiger partial charge in [0.1, 0.15) is 23.2 Å². The van der Waals surface area contributed by atoms with E-state index in [1.54, 1.807) is 18.3 Å². The Hall–Kier alpha value is -4.49. The average Bonchev–Trinajstić information content (AvgIpc) is 3.05. The fraction of sp³-hybridized carbons (Fsp3) is 0.286. The minimum Gasteiger partial charge on any atom is -0.360 e. The van der Waals surface area contributed by atoms with E-state index in [4.69, 9.17) is 16.9 Å². The molecule has 5 rings (SSSR count). The highest BCUT2D eigenvalue weighted by atomic mass is 35.5. The van der Waals surface area contributed by atoms with Crippen LogP contribution in [-0.2, 0) is 0 Å². The Bertz CT molecular complexity index is 1710. The summed E-state index contributed by atoms with van der Waals surface area (Å²) in [6, 6.07) is 15.3. The Morgan fingerprint density at radius 1 is 1.11 bits per heavy atom. The van der Waals surface area contributed by atoms with Crippen molar-refractivity contribution >= 4 is 34.1 Å². The fourth-order valence-electron chi connectivity index (χ4n) is 5.11. The van der Waals surface area contributed by atoms with Gasteiger partial charge in [0.25, 0.3) is 5.91 Å². The fourth-order valence-corrected chi connectivity index (χ4v) is 5.39. The van der Waals surface area contributed by atoms with Gasteiger partial charge in [-0.1, -0.05) is 55.8 Å². The zero-order valence-electron chi connectivity index (χ0n) is 25.7. The first-order valence-corrected chi connectivity index (χ1v) is 15.1. The molecule has 3 aromatic carbocycles. The van der Waals surface area contributed by atoms with Crippen LogP contribution in [0.15, 0.2) is 73.4 Å². The number of hydrogen-bond donors (Lipinski definition) is 1. The van der Waals surface area contributed by atoms with E-state index in [1.807, 2.05) is 32.0 Å². The molecule has 0 saturated carbocycles. The summed E-state index contributed by atoms with van der Waals surface area (Å²) in [5.74, 6) is -3.38. The zero-order valence-corrected chi connectivity index (χ0v) is 26.4. The molecule has 1 aromatic heterocycles. The van der Waals surface area contributed by atoms with Gasteiger partial charge in [-0.3, -0.25) is 9.78 Å². The van der Waals surface area contributed by atoms with Gasteiger partial charge in [0.2, 0.25) is 0 Å². The van der Waals surface area contributed by atoms with E-state index in [0.29, 0.717) is 23.4 Å². The number of nitrogens with zero attached hydrogens (tertiary/aromatic N) is 3. The summed E-state index contributed by atoms with van der Waals surface area (Å²) in [7, 11) is 0. The van der Waals surface area contributed by atoms with E-state index in [1.165, 1.54) is 11.6 Å². The minimum atomic E-state index is -4.49. The summed E-state index contributed by atoms with van der Waals surface area (Å²) in [5.41, 5.74) is 3.52. The first-order valence-electron chi connectivity index (χ1n) is 14.7. The van der Waals surface area contributed by atoms with Gasteiger partial charge >= 0.3 is 6.18 Å². The summed E-state index contributed by atoms with van der Waals surface area (Å²) in [4.78, 5) is 17.1. The Morgan fingerprint density at radius 2 is 1.78 bits per heavy atom. The maximum absolute atomic E-state index is 14.1. The van der Waals surface area contributed by atoms with E-state index in [0.717, 1.165) is 39.1 Å². The molecule has 1 unspecified atom stereocenters. The summed E-state index contributed by atoms with van der Waals surface area (Å²) < 4.78 is 67.6. The predicted molar refractivity (Wildman–Crippen MR) is 173 cm³/mol. The van der Waals surface area contributed by atoms with Gasteiger partial charge in [0.15, 0.2) is 0 Å². The molecular formula is C35H34ClF5N4O. The molecule has 2 heterocycles. The topological polar surface area (TPSA) is 69.0 Å². The number of alkyl halides is 3. The summed E-state index contributed by atoms with van der Waals surface area (Å²) in [6.45, 7) is 9.49. The van der Waals surface area contributed by atoms with Crippen molar-refractivity contribution in [3.05, 3.63) is 107 Å². The number of amides is 1. The number of benzene rings is 3. The van der Waals surface area contributed by atoms with Crippen LogP contribution in [0.2, 0.25) is 5.02 Å². The third-order valence-electron chi connectivity index (χ3n) is 7.25. The molecule has 1 atom stereocenters. The van der Waals surface area contributed by atoms with Crippen LogP contribution in [0.1, 0.15) is 54.6 Å². The third kappa shape index (κ3) is 8.40. The van der Waals surface area contributed by atoms with Crippen LogP contribution < -0.4 is 10.2 Å². The highest BCUT2D eigenvalue weighted by Gasteiger charge is 2.45. The van der Waals surface area contributed by atoms with Crippen molar-refractivity contribution in [2.45, 2.75) is 52.3 Å². The second kappa shape index (κ2) is 16.2. The van der Waals surface area contributed by atoms with Gasteiger partial charge in [-0.05, 0) is 62.1 Å². The molecule has 46 heavy (non-hydrogen) atoms. The molecule has 5 nitrogen and oxygen atoms in total. The Kier molecular flexibility index (Phi) is 12.7. The number of aromatic nitrogens is 1. The lowest BCUT2D eigenvalue weighted by molar-refractivity contribution is -0.152. The molecular weight excluding hydrogens is 623 g/mol. The third-order valence-corrected chi connectivity index (χ3v) is 7.56. The van der Waals surface area contributed by atoms with Crippen LogP contribution >= 0.6 is 11.6 Å². The van der Waals surface area contributed by atoms with Crippen molar-refractivity contribution in [1.29, 1.82) is 5.26 Å². The van der Waals surface area contributed by atoms with Crippen molar-refractivity contribution in [2.75, 3.05) is 18.0 Å². The molecule has 0 radical (unpaired) electrons. The standard InChI is InChI=1S/C17H11ClN2.C16H17F5N2O.C2H6/c1-11-4-6-15(17-13(11)3-2-8-20-17)14-7-5-12(10-19)9-16(14)18;1-2-6-22-15(24)14-11(17)8-10(9-12(14)18)23-7-4-3-5-13(23)16(19,20)21;1-2/h2-9H,1H3;2,8-9,13H,1,3-7H2,(H,22,24);1-2H3. The Labute approximate surface area is 270 Å². The summed E-state index contributed by atoms with van der Waals surface area (Å²) in [5, 5.41) is 12.8. The van der Waals surface area contributed by atoms with Gasteiger partial charge in [-0.25, -0.2) is 8.78 Å². The van der Waals surface area contributed by atoms with Crippen molar-refractivity contribution in [3.63, 3.8) is 0 Å². The molecule has 11 heteroatoms. The smallest absolute Gasteiger partial charge is 0.360 e. The number of anilines is 1. The molecule has 1 aliphatic heterocycles. The first-order chi connectivity index (χ1) is 22.0. The van der Waals surface area contributed by atoms with Crippen molar-refractivity contribution in [3.8, 4) is 17.2 Å². The van der Waals surface area contributed by atoms with Crippen LogP contribution in [0.5, 0.6) is 0 Å². The average molecular weight is 657 g/mol. The van der Waals surface area contributed by atoms with Crippen LogP contribution in [0.4, 0.5) is 27.6 Å². The number of pyridine rings is 1. The maximum Gasteiger partial charge on any atom is 0.408 e. The number of nitriles is 1. The monoisotopic (exact) mass is 656 g/mol. The maximum atomic E-state index is 14.1. The number of rotatable bonds is 5. The van der Waals surface area contributed by atoms with Gasteiger partial charge < -0.3 is 10.2 Å². The van der Waals surface area contributed by atoms with Crippen molar-refractivity contribution < 1.29 is 26.7 Å². The number of hydrogen-bond acceptors (Lipinski definition) is 4. The van der Waals surface area contributed by atoms with E-state index in [9.17, 15) is 26.7 Å². The lowest BCUT2D eigenvalue weighted by Gasteiger charge is -2.38. The lowest BCUT2D eigenvalue weighted by Crippen LogP contribution is -2.49. The van der Waals surface area contributed by atoms with E-state index >= 15 is 0 Å². The number of nitrogens with one attached hydrogen (secondary N) is 1. The van der Waals surface area contributed by atoms with E-state index in [2.05, 4.69) is 42.0 Å². The zero-order chi connectivity index (χ0) is 34.0. The molecule has 1 fully saturated rings. The number of carbonyl (C=O) groups is 1. The Morgan fingerprint density at radius 3 is 2.39 bits per heavy atom. The van der Waals surface area contributed by atoms with Gasteiger partial charge in [0.05, 0.1) is 17.1 Å². The van der Waals surface area contributed by atoms with Crippen LogP contribution in [-0.4, -0.2) is 36.2 Å². The molecule has 0 bridgehead atoms. The van der Waals surface area contributed by atoms with E-state index < -0.39 is 35.3 Å². The molecule has 1 saturated heterocycles. The van der Waals surface area contributed by atoms with Gasteiger partial charge in [-0.2, -0.15) is 18.4 Å². The van der Waals surface area contributed by atoms with Crippen LogP contribution in [0.3, 0.4) is 0 Å². The van der Waals surface area contributed by atoms with E-state index in [-0.39, 0.29) is 25.2 Å². The summed E-state index contributed by atoms with van der Waals surface area (Å²) >= 11 is 6.30. The SMILES string of the molecule is C=CCNC(=O)c1c(F)cc(N2CCCCC2C(F)(F)F)cc1F.CC.Cc1ccc(-c2ccc(C#N)cc2Cl)c2ncccc12. The molecule has 0 spiro atoms. The first kappa shape index (κ1) is 36.0. The lowest BCUT2D eigenvalue weighted by atomic mass is 9.98. The highest BCUT2D eigenvalue weighted by molar-refractivity contribution is 6.33. The number of piperidine rings is 1. The van der Waals surface area contributed by atoms with Crippen molar-refractivity contribution in [2.24, 2.45) is 0 Å². The number of fused-ring (bicyclic) bond motifs is 1.